The van der Waals surface area contributed by atoms with Crippen LogP contribution in [0, 0.1) is 11.5 Å². The maximum Gasteiger partial charge on any atom is 0.216 e. The summed E-state index contributed by atoms with van der Waals surface area (Å²) in [5.74, 6) is 4.18. The molecule has 0 aromatic carbocycles. The van der Waals surface area contributed by atoms with Gasteiger partial charge in [-0.1, -0.05) is 59.2 Å². The predicted molar refractivity (Wildman–Crippen MR) is 121 cm³/mol. The third-order valence-corrected chi connectivity index (χ3v) is 12.6. The van der Waals surface area contributed by atoms with Crippen LogP contribution in [0.5, 0.6) is 5.88 Å². The van der Waals surface area contributed by atoms with E-state index in [0.717, 1.165) is 28.9 Å². The van der Waals surface area contributed by atoms with Crippen LogP contribution in [-0.4, -0.2) is 35.4 Å². The minimum Gasteiger partial charge on any atom is -0.474 e. The zero-order valence-electron chi connectivity index (χ0n) is 18.0. The summed E-state index contributed by atoms with van der Waals surface area (Å²) >= 11 is 1.52. The van der Waals surface area contributed by atoms with Gasteiger partial charge >= 0.3 is 0 Å². The molecule has 150 valence electrons. The molecule has 2 aromatic heterocycles. The van der Waals surface area contributed by atoms with Crippen molar-refractivity contribution in [2.24, 2.45) is 0 Å². The molecule has 2 aromatic rings. The normalized spacial score (nSPS) is 14.6. The second kappa shape index (κ2) is 8.42. The van der Waals surface area contributed by atoms with Gasteiger partial charge in [0.1, 0.15) is 14.2 Å². The van der Waals surface area contributed by atoms with Gasteiger partial charge in [-0.2, -0.15) is 4.98 Å². The van der Waals surface area contributed by atoms with Crippen molar-refractivity contribution in [3.8, 4) is 17.3 Å². The van der Waals surface area contributed by atoms with Gasteiger partial charge in [0.15, 0.2) is 10.8 Å². The van der Waals surface area contributed by atoms with Crippen LogP contribution >= 0.6 is 11.8 Å². The van der Waals surface area contributed by atoms with Gasteiger partial charge in [-0.3, -0.25) is 0 Å². The average Bonchev–Trinajstić information content (AvgIpc) is 3.44. The van der Waals surface area contributed by atoms with Crippen molar-refractivity contribution < 1.29 is 4.74 Å². The van der Waals surface area contributed by atoms with Crippen LogP contribution in [-0.2, 0) is 0 Å². The number of rotatable bonds is 6. The first kappa shape index (κ1) is 21.1. The first-order chi connectivity index (χ1) is 13.3. The first-order valence-electron chi connectivity index (χ1n) is 10.2. The van der Waals surface area contributed by atoms with Gasteiger partial charge in [0.05, 0.1) is 5.39 Å². The van der Waals surface area contributed by atoms with Crippen molar-refractivity contribution in [3.63, 3.8) is 0 Å². The van der Waals surface area contributed by atoms with Crippen molar-refractivity contribution in [2.75, 3.05) is 6.26 Å². The fraction of sp³-hybridized carbons (Fsp3) is 0.591. The molecule has 0 aliphatic heterocycles. The van der Waals surface area contributed by atoms with Crippen LogP contribution in [0.25, 0.3) is 11.0 Å². The summed E-state index contributed by atoms with van der Waals surface area (Å²) in [5.41, 5.74) is 7.20. The summed E-state index contributed by atoms with van der Waals surface area (Å²) in [6.07, 6.45) is 6.33. The maximum absolute atomic E-state index is 5.99. The first-order valence-corrected chi connectivity index (χ1v) is 13.6. The van der Waals surface area contributed by atoms with E-state index in [0.29, 0.717) is 34.3 Å². The highest BCUT2D eigenvalue weighted by Gasteiger charge is 2.41. The minimum absolute atomic E-state index is 0.295. The third kappa shape index (κ3) is 4.21. The molecule has 3 rings (SSSR count). The van der Waals surface area contributed by atoms with Crippen LogP contribution in [0.3, 0.4) is 0 Å². The Morgan fingerprint density at radius 1 is 1.07 bits per heavy atom. The fourth-order valence-electron chi connectivity index (χ4n) is 4.20. The van der Waals surface area contributed by atoms with Gasteiger partial charge in [-0.25, -0.2) is 9.97 Å². The number of ether oxygens (including phenoxy) is 1. The second-order valence-electron chi connectivity index (χ2n) is 8.57. The van der Waals surface area contributed by atoms with Crippen molar-refractivity contribution in [1.29, 1.82) is 0 Å². The number of nitrogens with zero attached hydrogens (tertiary/aromatic N) is 3. The van der Waals surface area contributed by atoms with E-state index in [1.54, 1.807) is 0 Å². The number of pyridine rings is 1. The molecule has 0 atom stereocenters. The molecule has 0 N–H and O–H groups in total. The van der Waals surface area contributed by atoms with E-state index in [9.17, 15) is 0 Å². The number of thioether (sulfide) groups is 1. The molecule has 1 fully saturated rings. The lowest BCUT2D eigenvalue weighted by Crippen LogP contribution is -2.43. The number of hydrogen-bond donors (Lipinski definition) is 0. The van der Waals surface area contributed by atoms with Crippen LogP contribution < -0.4 is 4.74 Å². The molecule has 4 nitrogen and oxygen atoms in total. The molecule has 28 heavy (non-hydrogen) atoms. The quantitative estimate of drug-likeness (QED) is 0.257. The van der Waals surface area contributed by atoms with Gasteiger partial charge in [0.2, 0.25) is 5.88 Å². The van der Waals surface area contributed by atoms with Crippen LogP contribution in [0.4, 0.5) is 0 Å². The number of aromatic nitrogens is 3. The molecule has 0 bridgehead atoms. The number of hydrogen-bond acceptors (Lipinski definition) is 5. The number of fused-ring (bicyclic) bond motifs is 1. The molecule has 1 aliphatic rings. The van der Waals surface area contributed by atoms with Crippen LogP contribution in [0.2, 0.25) is 16.6 Å². The van der Waals surface area contributed by atoms with Crippen molar-refractivity contribution >= 4 is 30.9 Å². The molecule has 1 saturated carbocycles. The Kier molecular flexibility index (Phi) is 6.36. The van der Waals surface area contributed by atoms with Crippen molar-refractivity contribution in [3.05, 3.63) is 17.8 Å². The average molecular weight is 414 g/mol. The lowest BCUT2D eigenvalue weighted by atomic mass is 10.2. The van der Waals surface area contributed by atoms with E-state index < -0.39 is 8.07 Å². The van der Waals surface area contributed by atoms with E-state index in [-0.39, 0.29) is 0 Å². The SMILES string of the molecule is CSc1ncc2c(C#C[Si](C(C)C)(C(C)C)C(C)C)cc(OC3CC3)nc2n1. The van der Waals surface area contributed by atoms with Crippen molar-refractivity contribution in [2.45, 2.75) is 82.3 Å². The zero-order chi connectivity index (χ0) is 20.5. The van der Waals surface area contributed by atoms with Gasteiger partial charge < -0.3 is 4.74 Å². The summed E-state index contributed by atoms with van der Waals surface area (Å²) < 4.78 is 5.99. The smallest absolute Gasteiger partial charge is 0.216 e. The Balaban J connectivity index is 2.14. The van der Waals surface area contributed by atoms with Gasteiger partial charge in [-0.15, -0.1) is 5.54 Å². The van der Waals surface area contributed by atoms with Gasteiger partial charge in [0, 0.05) is 17.8 Å². The zero-order valence-corrected chi connectivity index (χ0v) is 19.9. The Morgan fingerprint density at radius 3 is 2.25 bits per heavy atom. The van der Waals surface area contributed by atoms with Crippen LogP contribution in [0.1, 0.15) is 59.9 Å². The van der Waals surface area contributed by atoms with Gasteiger partial charge in [0.25, 0.3) is 0 Å². The monoisotopic (exact) mass is 413 g/mol. The molecule has 1 aliphatic carbocycles. The summed E-state index contributed by atoms with van der Waals surface area (Å²) in [6.45, 7) is 14.0. The molecule has 2 heterocycles. The van der Waals surface area contributed by atoms with E-state index in [4.69, 9.17) is 4.74 Å². The third-order valence-electron chi connectivity index (χ3n) is 5.79. The Hall–Kier alpha value is -1.58. The largest absolute Gasteiger partial charge is 0.474 e. The van der Waals surface area contributed by atoms with Gasteiger partial charge in [-0.05, 0) is 35.7 Å². The van der Waals surface area contributed by atoms with E-state index in [1.165, 1.54) is 11.8 Å². The standard InChI is InChI=1S/C22H31N3OSSi/c1-14(2)28(15(3)4,16(5)6)11-10-17-12-20(26-18-8-9-18)24-21-19(17)13-23-22(25-21)27-7/h12-16,18H,8-9H2,1-7H3. The molecule has 0 saturated heterocycles. The molecule has 0 spiro atoms. The highest BCUT2D eigenvalue weighted by molar-refractivity contribution is 7.98. The van der Waals surface area contributed by atoms with E-state index in [2.05, 4.69) is 68.0 Å². The summed E-state index contributed by atoms with van der Waals surface area (Å²) in [7, 11) is -1.82. The maximum atomic E-state index is 5.99. The highest BCUT2D eigenvalue weighted by atomic mass is 32.2. The summed E-state index contributed by atoms with van der Waals surface area (Å²) in [6, 6.07) is 1.98. The molecular formula is C22H31N3OSSi. The van der Waals surface area contributed by atoms with E-state index in [1.807, 2.05) is 18.5 Å². The molecule has 0 radical (unpaired) electrons. The highest BCUT2D eigenvalue weighted by Crippen LogP contribution is 2.41. The summed E-state index contributed by atoms with van der Waals surface area (Å²) in [5, 5.41) is 1.63. The molecule has 0 unspecified atom stereocenters. The Labute approximate surface area is 174 Å². The lowest BCUT2D eigenvalue weighted by Gasteiger charge is -2.38. The Bertz CT molecular complexity index is 891. The topological polar surface area (TPSA) is 47.9 Å². The lowest BCUT2D eigenvalue weighted by molar-refractivity contribution is 0.292. The fourth-order valence-corrected chi connectivity index (χ4v) is 9.75. The predicted octanol–water partition coefficient (Wildman–Crippen LogP) is 5.86. The molecule has 6 heteroatoms. The van der Waals surface area contributed by atoms with E-state index >= 15 is 0 Å². The Morgan fingerprint density at radius 2 is 1.71 bits per heavy atom. The van der Waals surface area contributed by atoms with Crippen LogP contribution in [0.15, 0.2) is 17.4 Å². The second-order valence-corrected chi connectivity index (χ2v) is 14.9. The summed E-state index contributed by atoms with van der Waals surface area (Å²) in [4.78, 5) is 13.7. The molecule has 0 amide bonds. The van der Waals surface area contributed by atoms with Crippen molar-refractivity contribution in [1.82, 2.24) is 15.0 Å². The minimum atomic E-state index is -1.82. The molecular weight excluding hydrogens is 382 g/mol.